The fourth-order valence-electron chi connectivity index (χ4n) is 1.41. The zero-order valence-electron chi connectivity index (χ0n) is 8.23. The van der Waals surface area contributed by atoms with E-state index in [1.807, 2.05) is 0 Å². The average Bonchev–Trinajstić information content (AvgIpc) is 2.17. The molecular weight excluding hydrogens is 203 g/mol. The number of fused-ring (bicyclic) bond motifs is 1. The van der Waals surface area contributed by atoms with Crippen molar-refractivity contribution in [2.45, 2.75) is 0 Å². The van der Waals surface area contributed by atoms with Gasteiger partial charge >= 0.3 is 29.6 Å². The Morgan fingerprint density at radius 2 is 1.87 bits per heavy atom. The van der Waals surface area contributed by atoms with Gasteiger partial charge in [0.1, 0.15) is 5.75 Å². The first-order valence-corrected chi connectivity index (χ1v) is 4.11. The summed E-state index contributed by atoms with van der Waals surface area (Å²) in [7, 11) is 0. The van der Waals surface area contributed by atoms with Crippen LogP contribution in [0.5, 0.6) is 5.75 Å². The van der Waals surface area contributed by atoms with E-state index in [4.69, 9.17) is 0 Å². The molecule has 0 unspecified atom stereocenters. The number of rotatable bonds is 1. The van der Waals surface area contributed by atoms with Crippen LogP contribution < -0.4 is 34.7 Å². The van der Waals surface area contributed by atoms with Gasteiger partial charge in [-0.25, -0.2) is 0 Å². The molecule has 0 fully saturated rings. The van der Waals surface area contributed by atoms with Gasteiger partial charge in [-0.05, 0) is 17.5 Å². The number of phenolic OH excluding ortho intramolecular Hbond substituents is 1. The molecule has 4 heteroatoms. The Bertz CT molecular complexity index is 508. The first kappa shape index (κ1) is 12.0. The van der Waals surface area contributed by atoms with Crippen molar-refractivity contribution in [3.8, 4) is 5.75 Å². The maximum Gasteiger partial charge on any atom is 1.00 e. The van der Waals surface area contributed by atoms with Gasteiger partial charge in [0.05, 0.1) is 5.97 Å². The van der Waals surface area contributed by atoms with Crippen LogP contribution in [0.2, 0.25) is 0 Å². The summed E-state index contributed by atoms with van der Waals surface area (Å²) in [4.78, 5) is 10.6. The third kappa shape index (κ3) is 2.31. The molecule has 0 bridgehead atoms. The van der Waals surface area contributed by atoms with Crippen molar-refractivity contribution in [2.75, 3.05) is 0 Å². The van der Waals surface area contributed by atoms with Gasteiger partial charge in [-0.1, -0.05) is 24.3 Å². The summed E-state index contributed by atoms with van der Waals surface area (Å²) in [5.41, 5.74) is -0.0128. The summed E-state index contributed by atoms with van der Waals surface area (Å²) in [6.45, 7) is 0. The molecule has 2 aromatic rings. The molecule has 0 aliphatic carbocycles. The minimum atomic E-state index is -1.29. The number of carboxylic acid groups (broad SMARTS) is 1. The number of aromatic carboxylic acids is 1. The zero-order valence-corrected chi connectivity index (χ0v) is 10.2. The van der Waals surface area contributed by atoms with Crippen LogP contribution in [0.15, 0.2) is 36.4 Å². The predicted molar refractivity (Wildman–Crippen MR) is 49.9 cm³/mol. The van der Waals surface area contributed by atoms with Gasteiger partial charge in [0.2, 0.25) is 0 Å². The van der Waals surface area contributed by atoms with Gasteiger partial charge in [0.25, 0.3) is 0 Å². The Hall–Kier alpha value is -1.03. The summed E-state index contributed by atoms with van der Waals surface area (Å²) < 4.78 is 0. The normalized spacial score (nSPS) is 9.60. The van der Waals surface area contributed by atoms with Crippen LogP contribution in [-0.2, 0) is 0 Å². The SMILES string of the molecule is O=C([O-])c1cc(O)c2ccccc2c1.[Na+]. The number of carboxylic acids is 1. The fraction of sp³-hybridized carbons (Fsp3) is 0. The third-order valence-electron chi connectivity index (χ3n) is 2.08. The predicted octanol–water partition coefficient (Wildman–Crippen LogP) is -2.09. The number of aromatic hydroxyl groups is 1. The number of phenols is 1. The molecule has 0 atom stereocenters. The van der Waals surface area contributed by atoms with Gasteiger partial charge < -0.3 is 15.0 Å². The van der Waals surface area contributed by atoms with Crippen LogP contribution in [0, 0.1) is 0 Å². The largest absolute Gasteiger partial charge is 1.00 e. The van der Waals surface area contributed by atoms with Crippen LogP contribution in [0.4, 0.5) is 0 Å². The molecule has 0 heterocycles. The second-order valence-electron chi connectivity index (χ2n) is 3.00. The second-order valence-corrected chi connectivity index (χ2v) is 3.00. The van der Waals surface area contributed by atoms with E-state index < -0.39 is 5.97 Å². The minimum absolute atomic E-state index is 0. The molecular formula is C11H7NaO3. The standard InChI is InChI=1S/C11H8O3.Na/c12-10-6-8(11(13)14)5-7-3-1-2-4-9(7)10;/h1-6,12H,(H,13,14);/q;+1/p-1. The fourth-order valence-corrected chi connectivity index (χ4v) is 1.41. The maximum absolute atomic E-state index is 10.6. The topological polar surface area (TPSA) is 60.4 Å². The molecule has 0 saturated heterocycles. The summed E-state index contributed by atoms with van der Waals surface area (Å²) in [6.07, 6.45) is 0. The number of hydrogen-bond donors (Lipinski definition) is 1. The van der Waals surface area contributed by atoms with Crippen molar-refractivity contribution in [3.05, 3.63) is 42.0 Å². The van der Waals surface area contributed by atoms with E-state index in [9.17, 15) is 15.0 Å². The zero-order chi connectivity index (χ0) is 10.1. The first-order valence-electron chi connectivity index (χ1n) is 4.11. The van der Waals surface area contributed by atoms with Crippen molar-refractivity contribution >= 4 is 16.7 Å². The monoisotopic (exact) mass is 210 g/mol. The quantitative estimate of drug-likeness (QED) is 0.549. The molecule has 3 nitrogen and oxygen atoms in total. The Morgan fingerprint density at radius 3 is 2.53 bits per heavy atom. The molecule has 2 aromatic carbocycles. The van der Waals surface area contributed by atoms with E-state index in [1.165, 1.54) is 12.1 Å². The van der Waals surface area contributed by atoms with Gasteiger partial charge in [-0.15, -0.1) is 0 Å². The molecule has 0 saturated carbocycles. The van der Waals surface area contributed by atoms with Crippen molar-refractivity contribution < 1.29 is 44.6 Å². The van der Waals surface area contributed by atoms with E-state index in [2.05, 4.69) is 0 Å². The number of hydrogen-bond acceptors (Lipinski definition) is 3. The van der Waals surface area contributed by atoms with E-state index in [-0.39, 0.29) is 40.9 Å². The van der Waals surface area contributed by atoms with Crippen molar-refractivity contribution in [3.63, 3.8) is 0 Å². The van der Waals surface area contributed by atoms with Gasteiger partial charge in [-0.3, -0.25) is 0 Å². The van der Waals surface area contributed by atoms with Gasteiger partial charge in [0.15, 0.2) is 0 Å². The summed E-state index contributed by atoms with van der Waals surface area (Å²) in [5, 5.41) is 21.4. The van der Waals surface area contributed by atoms with E-state index in [1.54, 1.807) is 24.3 Å². The molecule has 0 radical (unpaired) electrons. The Balaban J connectivity index is 0.00000112. The molecule has 0 aliphatic rings. The van der Waals surface area contributed by atoms with E-state index in [0.29, 0.717) is 10.8 Å². The summed E-state index contributed by atoms with van der Waals surface area (Å²) in [6, 6.07) is 9.69. The number of carbonyl (C=O) groups is 1. The van der Waals surface area contributed by atoms with Crippen molar-refractivity contribution in [1.82, 2.24) is 0 Å². The minimum Gasteiger partial charge on any atom is -0.545 e. The molecule has 0 aliphatic heterocycles. The molecule has 2 rings (SSSR count). The van der Waals surface area contributed by atoms with E-state index in [0.717, 1.165) is 0 Å². The third-order valence-corrected chi connectivity index (χ3v) is 2.08. The van der Waals surface area contributed by atoms with Crippen LogP contribution in [0.3, 0.4) is 0 Å². The Labute approximate surface area is 109 Å². The van der Waals surface area contributed by atoms with Crippen LogP contribution in [0.25, 0.3) is 10.8 Å². The molecule has 70 valence electrons. The maximum atomic E-state index is 10.6. The number of carbonyl (C=O) groups excluding carboxylic acids is 1. The summed E-state index contributed by atoms with van der Waals surface area (Å²) >= 11 is 0. The average molecular weight is 210 g/mol. The summed E-state index contributed by atoms with van der Waals surface area (Å²) in [5.74, 6) is -1.33. The smallest absolute Gasteiger partial charge is 0.545 e. The van der Waals surface area contributed by atoms with Crippen LogP contribution in [-0.4, -0.2) is 11.1 Å². The number of benzene rings is 2. The Kier molecular flexibility index (Phi) is 3.74. The van der Waals surface area contributed by atoms with Gasteiger partial charge in [-0.2, -0.15) is 0 Å². The molecule has 0 amide bonds. The molecule has 0 spiro atoms. The molecule has 1 N–H and O–H groups in total. The molecule has 0 aromatic heterocycles. The first-order chi connectivity index (χ1) is 6.68. The van der Waals surface area contributed by atoms with Crippen LogP contribution in [0.1, 0.15) is 10.4 Å². The van der Waals surface area contributed by atoms with Crippen LogP contribution >= 0.6 is 0 Å². The second kappa shape index (κ2) is 4.66. The molecule has 15 heavy (non-hydrogen) atoms. The van der Waals surface area contributed by atoms with Crippen molar-refractivity contribution in [1.29, 1.82) is 0 Å². The van der Waals surface area contributed by atoms with E-state index >= 15 is 0 Å². The van der Waals surface area contributed by atoms with Gasteiger partial charge in [0, 0.05) is 10.9 Å². The Morgan fingerprint density at radius 1 is 1.20 bits per heavy atom. The van der Waals surface area contributed by atoms with Crippen molar-refractivity contribution in [2.24, 2.45) is 0 Å².